The maximum absolute atomic E-state index is 13.9. The summed E-state index contributed by atoms with van der Waals surface area (Å²) in [5.74, 6) is -0.591. The number of ether oxygens (including phenoxy) is 1. The van der Waals surface area contributed by atoms with Crippen LogP contribution in [0.15, 0.2) is 18.2 Å². The first kappa shape index (κ1) is 29.8. The maximum Gasteiger partial charge on any atom is 0.408 e. The van der Waals surface area contributed by atoms with Crippen molar-refractivity contribution in [2.45, 2.75) is 105 Å². The van der Waals surface area contributed by atoms with Crippen LogP contribution in [0.5, 0.6) is 0 Å². The molecule has 0 aliphatic carbocycles. The predicted molar refractivity (Wildman–Crippen MR) is 140 cm³/mol. The molecule has 3 unspecified atom stereocenters. The standard InChI is InChI=1S/C26H43N3O4S/c1-11-18(4)29(23(31)19(15-34)27-24(32)33-26(8,9)10)21(22(30)28-25(5,6)7)20-16(2)13-12-14-17(20)3/h12-14,18-19,21,34H,11,15H2,1-10H3,(H,27,32)(H,28,30). The molecule has 0 aliphatic heterocycles. The molecule has 1 aromatic rings. The third-order valence-corrected chi connectivity index (χ3v) is 5.70. The van der Waals surface area contributed by atoms with E-state index in [9.17, 15) is 14.4 Å². The molecule has 0 radical (unpaired) electrons. The van der Waals surface area contributed by atoms with E-state index in [0.717, 1.165) is 16.7 Å². The van der Waals surface area contributed by atoms with Crippen molar-refractivity contribution in [2.24, 2.45) is 0 Å². The first-order chi connectivity index (χ1) is 15.5. The van der Waals surface area contributed by atoms with Crippen LogP contribution in [0, 0.1) is 13.8 Å². The Morgan fingerprint density at radius 3 is 2.00 bits per heavy atom. The fourth-order valence-electron chi connectivity index (χ4n) is 3.70. The third kappa shape index (κ3) is 8.53. The molecular formula is C26H43N3O4S. The summed E-state index contributed by atoms with van der Waals surface area (Å²) in [5, 5.41) is 5.70. The molecule has 1 rings (SSSR count). The van der Waals surface area contributed by atoms with E-state index in [1.165, 1.54) is 0 Å². The molecule has 0 spiro atoms. The SMILES string of the molecule is CCC(C)N(C(=O)C(CS)NC(=O)OC(C)(C)C)C(C(=O)NC(C)(C)C)c1c(C)cccc1C. The fraction of sp³-hybridized carbons (Fsp3) is 0.654. The molecule has 0 aliphatic rings. The van der Waals surface area contributed by atoms with Crippen molar-refractivity contribution in [1.29, 1.82) is 0 Å². The van der Waals surface area contributed by atoms with Gasteiger partial charge in [-0.1, -0.05) is 25.1 Å². The summed E-state index contributed by atoms with van der Waals surface area (Å²) >= 11 is 4.33. The molecule has 7 nitrogen and oxygen atoms in total. The minimum atomic E-state index is -0.957. The van der Waals surface area contributed by atoms with Crippen molar-refractivity contribution in [3.05, 3.63) is 34.9 Å². The first-order valence-electron chi connectivity index (χ1n) is 11.8. The number of carbonyl (C=O) groups excluding carboxylic acids is 3. The highest BCUT2D eigenvalue weighted by molar-refractivity contribution is 7.80. The van der Waals surface area contributed by atoms with Gasteiger partial charge in [-0.05, 0) is 85.4 Å². The van der Waals surface area contributed by atoms with Crippen LogP contribution in [0.3, 0.4) is 0 Å². The Bertz CT molecular complexity index is 854. The summed E-state index contributed by atoms with van der Waals surface area (Å²) < 4.78 is 5.35. The van der Waals surface area contributed by atoms with Gasteiger partial charge in [0.15, 0.2) is 0 Å². The van der Waals surface area contributed by atoms with Crippen molar-refractivity contribution in [3.8, 4) is 0 Å². The Kier molecular flexibility index (Phi) is 10.5. The second-order valence-electron chi connectivity index (χ2n) is 10.8. The maximum atomic E-state index is 13.9. The Labute approximate surface area is 210 Å². The molecule has 8 heteroatoms. The van der Waals surface area contributed by atoms with E-state index in [1.54, 1.807) is 25.7 Å². The van der Waals surface area contributed by atoms with Crippen LogP contribution in [0.4, 0.5) is 4.79 Å². The van der Waals surface area contributed by atoms with Gasteiger partial charge in [0.2, 0.25) is 11.8 Å². The predicted octanol–water partition coefficient (Wildman–Crippen LogP) is 4.71. The number of aryl methyl sites for hydroxylation is 2. The molecule has 34 heavy (non-hydrogen) atoms. The van der Waals surface area contributed by atoms with Gasteiger partial charge in [-0.25, -0.2) is 4.79 Å². The molecule has 3 atom stereocenters. The minimum absolute atomic E-state index is 0.0609. The highest BCUT2D eigenvalue weighted by Gasteiger charge is 2.40. The summed E-state index contributed by atoms with van der Waals surface area (Å²) in [6.45, 7) is 18.7. The van der Waals surface area contributed by atoms with Gasteiger partial charge in [0.1, 0.15) is 17.7 Å². The molecule has 0 bridgehead atoms. The number of nitrogens with zero attached hydrogens (tertiary/aromatic N) is 1. The third-order valence-electron chi connectivity index (χ3n) is 5.33. The number of rotatable bonds is 8. The molecular weight excluding hydrogens is 450 g/mol. The first-order valence-corrected chi connectivity index (χ1v) is 12.5. The van der Waals surface area contributed by atoms with E-state index in [0.29, 0.717) is 6.42 Å². The van der Waals surface area contributed by atoms with Gasteiger partial charge >= 0.3 is 6.09 Å². The summed E-state index contributed by atoms with van der Waals surface area (Å²) in [5.41, 5.74) is 1.41. The Balaban J connectivity index is 3.58. The Hall–Kier alpha value is -2.22. The zero-order valence-corrected chi connectivity index (χ0v) is 23.3. The zero-order chi connectivity index (χ0) is 26.4. The average Bonchev–Trinajstić information content (AvgIpc) is 2.67. The normalized spacial score (nSPS) is 14.6. The van der Waals surface area contributed by atoms with Gasteiger partial charge < -0.3 is 20.3 Å². The van der Waals surface area contributed by atoms with Crippen molar-refractivity contribution in [2.75, 3.05) is 5.75 Å². The number of alkyl carbamates (subject to hydrolysis) is 1. The fourth-order valence-corrected chi connectivity index (χ4v) is 3.95. The van der Waals surface area contributed by atoms with Crippen LogP contribution >= 0.6 is 12.6 Å². The number of benzene rings is 1. The van der Waals surface area contributed by atoms with Crippen molar-refractivity contribution >= 4 is 30.5 Å². The molecule has 0 saturated carbocycles. The quantitative estimate of drug-likeness (QED) is 0.458. The molecule has 0 saturated heterocycles. The van der Waals surface area contributed by atoms with Crippen LogP contribution in [0.1, 0.15) is 84.5 Å². The van der Waals surface area contributed by atoms with Gasteiger partial charge in [0.05, 0.1) is 0 Å². The van der Waals surface area contributed by atoms with Gasteiger partial charge in [-0.3, -0.25) is 9.59 Å². The van der Waals surface area contributed by atoms with Gasteiger partial charge in [-0.15, -0.1) is 0 Å². The largest absolute Gasteiger partial charge is 0.444 e. The highest BCUT2D eigenvalue weighted by atomic mass is 32.1. The number of nitrogens with one attached hydrogen (secondary N) is 2. The second kappa shape index (κ2) is 12.0. The number of thiol groups is 1. The van der Waals surface area contributed by atoms with Gasteiger partial charge in [0, 0.05) is 17.3 Å². The second-order valence-corrected chi connectivity index (χ2v) is 11.2. The molecule has 0 aromatic heterocycles. The summed E-state index contributed by atoms with van der Waals surface area (Å²) in [7, 11) is 0. The molecule has 0 heterocycles. The molecule has 0 fully saturated rings. The van der Waals surface area contributed by atoms with Crippen LogP contribution in [0.25, 0.3) is 0 Å². The topological polar surface area (TPSA) is 87.7 Å². The number of carbonyl (C=O) groups is 3. The van der Waals surface area contributed by atoms with E-state index < -0.39 is 29.3 Å². The lowest BCUT2D eigenvalue weighted by atomic mass is 9.91. The van der Waals surface area contributed by atoms with Crippen molar-refractivity contribution in [1.82, 2.24) is 15.5 Å². The summed E-state index contributed by atoms with van der Waals surface area (Å²) in [6, 6.07) is 3.71. The van der Waals surface area contributed by atoms with Crippen molar-refractivity contribution in [3.63, 3.8) is 0 Å². The average molecular weight is 494 g/mol. The lowest BCUT2D eigenvalue weighted by Crippen LogP contribution is -2.57. The van der Waals surface area contributed by atoms with Crippen LogP contribution in [0.2, 0.25) is 0 Å². The lowest BCUT2D eigenvalue weighted by molar-refractivity contribution is -0.145. The van der Waals surface area contributed by atoms with Gasteiger partial charge in [0.25, 0.3) is 0 Å². The Morgan fingerprint density at radius 1 is 1.06 bits per heavy atom. The highest BCUT2D eigenvalue weighted by Crippen LogP contribution is 2.31. The summed E-state index contributed by atoms with van der Waals surface area (Å²) in [6.07, 6.45) is -0.0754. The monoisotopic (exact) mass is 493 g/mol. The van der Waals surface area contributed by atoms with Crippen molar-refractivity contribution < 1.29 is 19.1 Å². The minimum Gasteiger partial charge on any atom is -0.444 e. The summed E-state index contributed by atoms with van der Waals surface area (Å²) in [4.78, 5) is 41.7. The van der Waals surface area contributed by atoms with E-state index in [-0.39, 0.29) is 23.6 Å². The van der Waals surface area contributed by atoms with Gasteiger partial charge in [-0.2, -0.15) is 12.6 Å². The van der Waals surface area contributed by atoms with Crippen LogP contribution < -0.4 is 10.6 Å². The van der Waals surface area contributed by atoms with Crippen LogP contribution in [-0.2, 0) is 14.3 Å². The number of hydrogen-bond acceptors (Lipinski definition) is 5. The molecule has 192 valence electrons. The van der Waals surface area contributed by atoms with E-state index in [1.807, 2.05) is 66.7 Å². The molecule has 1 aromatic carbocycles. The van der Waals surface area contributed by atoms with E-state index in [4.69, 9.17) is 4.74 Å². The molecule has 2 N–H and O–H groups in total. The smallest absolute Gasteiger partial charge is 0.408 e. The molecule has 3 amide bonds. The zero-order valence-electron chi connectivity index (χ0n) is 22.4. The van der Waals surface area contributed by atoms with Crippen LogP contribution in [-0.4, -0.2) is 51.8 Å². The lowest BCUT2D eigenvalue weighted by Gasteiger charge is -2.40. The number of amides is 3. The van der Waals surface area contributed by atoms with E-state index in [2.05, 4.69) is 23.3 Å². The van der Waals surface area contributed by atoms with E-state index >= 15 is 0 Å². The number of hydrogen-bond donors (Lipinski definition) is 3. The Morgan fingerprint density at radius 2 is 1.59 bits per heavy atom.